The summed E-state index contributed by atoms with van der Waals surface area (Å²) in [6.45, 7) is 5.68. The summed E-state index contributed by atoms with van der Waals surface area (Å²) in [5, 5.41) is 11.3. The minimum atomic E-state index is -3.79. The van der Waals surface area contributed by atoms with Crippen LogP contribution in [0.15, 0.2) is 17.0 Å². The quantitative estimate of drug-likeness (QED) is 0.733. The van der Waals surface area contributed by atoms with E-state index in [-0.39, 0.29) is 23.2 Å². The molecule has 0 bridgehead atoms. The Labute approximate surface area is 150 Å². The lowest BCUT2D eigenvalue weighted by Crippen LogP contribution is -2.28. The molecular formula is C16H26ClN3O3S. The summed E-state index contributed by atoms with van der Waals surface area (Å²) in [6.07, 6.45) is 3.52. The van der Waals surface area contributed by atoms with Crippen molar-refractivity contribution in [2.75, 3.05) is 18.4 Å². The number of carbonyl (C=O) groups is 1. The predicted molar refractivity (Wildman–Crippen MR) is 98.0 cm³/mol. The highest BCUT2D eigenvalue weighted by molar-refractivity contribution is 7.89. The number of anilines is 1. The number of sulfonamides is 1. The van der Waals surface area contributed by atoms with E-state index in [0.717, 1.165) is 43.5 Å². The molecule has 0 unspecified atom stereocenters. The fourth-order valence-corrected chi connectivity index (χ4v) is 3.46. The standard InChI is InChI=1S/C16H25N3O3S.ClH/c1-11-9-14(23(17,21)22)10-15(12(11)2)19-16(20)4-3-13-5-7-18-8-6-13;/h9-10,13,18H,3-8H2,1-2H3,(H,19,20)(H2,17,21,22);1H. The van der Waals surface area contributed by atoms with E-state index in [0.29, 0.717) is 18.0 Å². The Morgan fingerprint density at radius 2 is 1.92 bits per heavy atom. The van der Waals surface area contributed by atoms with E-state index < -0.39 is 10.0 Å². The largest absolute Gasteiger partial charge is 0.326 e. The SMILES string of the molecule is Cc1cc(S(N)(=O)=O)cc(NC(=O)CCC2CCNCC2)c1C.Cl. The van der Waals surface area contributed by atoms with Gasteiger partial charge in [-0.25, -0.2) is 13.6 Å². The Morgan fingerprint density at radius 1 is 1.29 bits per heavy atom. The van der Waals surface area contributed by atoms with Crippen LogP contribution in [0, 0.1) is 19.8 Å². The van der Waals surface area contributed by atoms with E-state index >= 15 is 0 Å². The van der Waals surface area contributed by atoms with E-state index in [2.05, 4.69) is 10.6 Å². The molecule has 6 nitrogen and oxygen atoms in total. The van der Waals surface area contributed by atoms with Crippen LogP contribution in [0.25, 0.3) is 0 Å². The van der Waals surface area contributed by atoms with Crippen LogP contribution in [0.5, 0.6) is 0 Å². The summed E-state index contributed by atoms with van der Waals surface area (Å²) in [5.41, 5.74) is 2.15. The number of nitrogens with one attached hydrogen (secondary N) is 2. The van der Waals surface area contributed by atoms with Crippen molar-refractivity contribution in [3.8, 4) is 0 Å². The van der Waals surface area contributed by atoms with E-state index in [1.807, 2.05) is 6.92 Å². The Hall–Kier alpha value is -1.15. The van der Waals surface area contributed by atoms with Crippen molar-refractivity contribution < 1.29 is 13.2 Å². The summed E-state index contributed by atoms with van der Waals surface area (Å²) in [7, 11) is -3.79. The molecule has 4 N–H and O–H groups in total. The number of hydrogen-bond donors (Lipinski definition) is 3. The highest BCUT2D eigenvalue weighted by Crippen LogP contribution is 2.24. The predicted octanol–water partition coefficient (Wildman–Crippen LogP) is 2.09. The molecule has 24 heavy (non-hydrogen) atoms. The topological polar surface area (TPSA) is 101 Å². The first-order valence-electron chi connectivity index (χ1n) is 7.92. The molecule has 1 aromatic carbocycles. The summed E-state index contributed by atoms with van der Waals surface area (Å²) >= 11 is 0. The van der Waals surface area contributed by atoms with Gasteiger partial charge in [0.2, 0.25) is 15.9 Å². The van der Waals surface area contributed by atoms with Crippen LogP contribution in [0.1, 0.15) is 36.8 Å². The minimum absolute atomic E-state index is 0. The Kier molecular flexibility index (Phi) is 7.66. The maximum Gasteiger partial charge on any atom is 0.238 e. The summed E-state index contributed by atoms with van der Waals surface area (Å²) in [4.78, 5) is 12.2. The summed E-state index contributed by atoms with van der Waals surface area (Å²) < 4.78 is 23.1. The van der Waals surface area contributed by atoms with E-state index in [1.54, 1.807) is 6.92 Å². The number of hydrogen-bond acceptors (Lipinski definition) is 4. The van der Waals surface area contributed by atoms with E-state index in [4.69, 9.17) is 5.14 Å². The highest BCUT2D eigenvalue weighted by Gasteiger charge is 2.17. The van der Waals surface area contributed by atoms with Crippen molar-refractivity contribution in [1.29, 1.82) is 0 Å². The number of benzene rings is 1. The Bertz CT molecular complexity index is 686. The van der Waals surface area contributed by atoms with E-state index in [9.17, 15) is 13.2 Å². The molecule has 1 aliphatic heterocycles. The number of amides is 1. The lowest BCUT2D eigenvalue weighted by atomic mass is 9.93. The lowest BCUT2D eigenvalue weighted by Gasteiger charge is -2.22. The maximum absolute atomic E-state index is 12.2. The number of rotatable bonds is 5. The molecule has 1 aliphatic rings. The fourth-order valence-electron chi connectivity index (χ4n) is 2.84. The number of aryl methyl sites for hydroxylation is 1. The minimum Gasteiger partial charge on any atom is -0.326 e. The lowest BCUT2D eigenvalue weighted by molar-refractivity contribution is -0.116. The molecular weight excluding hydrogens is 350 g/mol. The zero-order chi connectivity index (χ0) is 17.0. The summed E-state index contributed by atoms with van der Waals surface area (Å²) in [5.74, 6) is 0.498. The van der Waals surface area contributed by atoms with Gasteiger partial charge in [0.05, 0.1) is 4.90 Å². The molecule has 0 aliphatic carbocycles. The molecule has 1 heterocycles. The molecule has 1 aromatic rings. The van der Waals surface area contributed by atoms with E-state index in [1.165, 1.54) is 12.1 Å². The normalized spacial score (nSPS) is 15.6. The molecule has 136 valence electrons. The van der Waals surface area contributed by atoms with Gasteiger partial charge in [-0.2, -0.15) is 0 Å². The summed E-state index contributed by atoms with van der Waals surface area (Å²) in [6, 6.07) is 2.95. The van der Waals surface area contributed by atoms with Gasteiger partial charge in [-0.1, -0.05) is 0 Å². The van der Waals surface area contributed by atoms with Crippen LogP contribution < -0.4 is 15.8 Å². The van der Waals surface area contributed by atoms with Crippen LogP contribution in [-0.4, -0.2) is 27.4 Å². The van der Waals surface area contributed by atoms with Gasteiger partial charge in [0.1, 0.15) is 0 Å². The molecule has 1 fully saturated rings. The smallest absolute Gasteiger partial charge is 0.238 e. The molecule has 0 atom stereocenters. The van der Waals surface area contributed by atoms with Gasteiger partial charge < -0.3 is 10.6 Å². The van der Waals surface area contributed by atoms with Crippen molar-refractivity contribution in [1.82, 2.24) is 5.32 Å². The van der Waals surface area contributed by atoms with Crippen LogP contribution in [0.3, 0.4) is 0 Å². The van der Waals surface area contributed by atoms with Crippen molar-refractivity contribution in [3.63, 3.8) is 0 Å². The first-order chi connectivity index (χ1) is 10.8. The third kappa shape index (κ3) is 5.73. The van der Waals surface area contributed by atoms with Crippen molar-refractivity contribution in [2.45, 2.75) is 44.4 Å². The van der Waals surface area contributed by atoms with Crippen molar-refractivity contribution in [2.24, 2.45) is 11.1 Å². The molecule has 0 spiro atoms. The van der Waals surface area contributed by atoms with Crippen LogP contribution in [0.2, 0.25) is 0 Å². The molecule has 2 rings (SSSR count). The zero-order valence-electron chi connectivity index (χ0n) is 14.1. The number of halogens is 1. The van der Waals surface area contributed by atoms with Gasteiger partial charge in [-0.3, -0.25) is 4.79 Å². The van der Waals surface area contributed by atoms with Gasteiger partial charge in [0, 0.05) is 12.1 Å². The van der Waals surface area contributed by atoms with Crippen LogP contribution in [0.4, 0.5) is 5.69 Å². The number of piperidine rings is 1. The second-order valence-electron chi connectivity index (χ2n) is 6.24. The molecule has 1 amide bonds. The molecule has 1 saturated heterocycles. The van der Waals surface area contributed by atoms with Crippen molar-refractivity contribution in [3.05, 3.63) is 23.3 Å². The zero-order valence-corrected chi connectivity index (χ0v) is 15.7. The number of carbonyl (C=O) groups excluding carboxylic acids is 1. The van der Waals surface area contributed by atoms with Crippen LogP contribution >= 0.6 is 12.4 Å². The molecule has 0 aromatic heterocycles. The monoisotopic (exact) mass is 375 g/mol. The number of primary sulfonamides is 1. The first-order valence-corrected chi connectivity index (χ1v) is 9.46. The van der Waals surface area contributed by atoms with Crippen molar-refractivity contribution >= 4 is 34.0 Å². The van der Waals surface area contributed by atoms with Gasteiger partial charge in [-0.15, -0.1) is 12.4 Å². The second-order valence-corrected chi connectivity index (χ2v) is 7.80. The Morgan fingerprint density at radius 3 is 2.50 bits per heavy atom. The maximum atomic E-state index is 12.2. The Balaban J connectivity index is 0.00000288. The third-order valence-electron chi connectivity index (χ3n) is 4.48. The average Bonchev–Trinajstić information content (AvgIpc) is 2.49. The van der Waals surface area contributed by atoms with Gasteiger partial charge in [0.15, 0.2) is 0 Å². The average molecular weight is 376 g/mol. The van der Waals surface area contributed by atoms with Gasteiger partial charge >= 0.3 is 0 Å². The highest BCUT2D eigenvalue weighted by atomic mass is 35.5. The molecule has 8 heteroatoms. The first kappa shape index (κ1) is 20.9. The fraction of sp³-hybridized carbons (Fsp3) is 0.562. The van der Waals surface area contributed by atoms with Gasteiger partial charge in [-0.05, 0) is 75.4 Å². The molecule has 0 radical (unpaired) electrons. The second kappa shape index (κ2) is 8.80. The number of nitrogens with two attached hydrogens (primary N) is 1. The molecule has 0 saturated carbocycles. The van der Waals surface area contributed by atoms with Crippen LogP contribution in [-0.2, 0) is 14.8 Å². The van der Waals surface area contributed by atoms with Gasteiger partial charge in [0.25, 0.3) is 0 Å². The third-order valence-corrected chi connectivity index (χ3v) is 5.37.